The number of hydrogen-bond acceptors (Lipinski definition) is 3. The number of ether oxygens (including phenoxy) is 2. The second-order valence-electron chi connectivity index (χ2n) is 5.97. The lowest BCUT2D eigenvalue weighted by atomic mass is 9.72. The summed E-state index contributed by atoms with van der Waals surface area (Å²) in [7, 11) is 0. The first-order chi connectivity index (χ1) is 8.04. The van der Waals surface area contributed by atoms with Gasteiger partial charge in [-0.2, -0.15) is 0 Å². The van der Waals surface area contributed by atoms with Gasteiger partial charge in [-0.3, -0.25) is 4.79 Å². The predicted molar refractivity (Wildman–Crippen MR) is 65.9 cm³/mol. The molecule has 0 radical (unpaired) electrons. The molecule has 98 valence electrons. The predicted octanol–water partition coefficient (Wildman–Crippen LogP) is 2.43. The van der Waals surface area contributed by atoms with Crippen molar-refractivity contribution in [2.75, 3.05) is 19.8 Å². The van der Waals surface area contributed by atoms with E-state index in [1.165, 1.54) is 0 Å². The highest BCUT2D eigenvalue weighted by molar-refractivity contribution is 5.78. The van der Waals surface area contributed by atoms with E-state index in [1.807, 2.05) is 0 Å². The van der Waals surface area contributed by atoms with Gasteiger partial charge in [0.2, 0.25) is 0 Å². The Morgan fingerprint density at radius 1 is 1.35 bits per heavy atom. The first-order valence-electron chi connectivity index (χ1n) is 6.76. The molecule has 0 bridgehead atoms. The maximum atomic E-state index is 11.8. The molecule has 3 unspecified atom stereocenters. The molecule has 0 aromatic rings. The van der Waals surface area contributed by atoms with E-state index in [-0.39, 0.29) is 11.5 Å². The molecule has 3 nitrogen and oxygen atoms in total. The minimum Gasteiger partial charge on any atom is -0.378 e. The van der Waals surface area contributed by atoms with E-state index in [9.17, 15) is 4.79 Å². The van der Waals surface area contributed by atoms with Crippen LogP contribution in [0, 0.1) is 17.8 Å². The van der Waals surface area contributed by atoms with Crippen molar-refractivity contribution in [2.45, 2.75) is 45.6 Å². The SMILES string of the molecule is CC(=O)C(C(C)C)C1CCOC2(CCOC2)C1. The Bertz CT molecular complexity index is 279. The van der Waals surface area contributed by atoms with Crippen molar-refractivity contribution in [2.24, 2.45) is 17.8 Å². The lowest BCUT2D eigenvalue weighted by Gasteiger charge is -2.40. The normalized spacial score (nSPS) is 35.4. The second kappa shape index (κ2) is 5.07. The Kier molecular flexibility index (Phi) is 3.88. The molecule has 1 spiro atoms. The van der Waals surface area contributed by atoms with E-state index in [1.54, 1.807) is 6.92 Å². The van der Waals surface area contributed by atoms with E-state index >= 15 is 0 Å². The van der Waals surface area contributed by atoms with Gasteiger partial charge in [0.25, 0.3) is 0 Å². The molecule has 3 heteroatoms. The second-order valence-corrected chi connectivity index (χ2v) is 5.97. The van der Waals surface area contributed by atoms with Crippen LogP contribution in [0.25, 0.3) is 0 Å². The van der Waals surface area contributed by atoms with Gasteiger partial charge in [0.15, 0.2) is 0 Å². The van der Waals surface area contributed by atoms with Gasteiger partial charge >= 0.3 is 0 Å². The summed E-state index contributed by atoms with van der Waals surface area (Å²) in [5, 5.41) is 0. The standard InChI is InChI=1S/C14H24O3/c1-10(2)13(11(3)15)12-4-6-17-14(8-12)5-7-16-9-14/h10,12-13H,4-9H2,1-3H3. The smallest absolute Gasteiger partial charge is 0.133 e. The fourth-order valence-electron chi connectivity index (χ4n) is 3.58. The summed E-state index contributed by atoms with van der Waals surface area (Å²) in [4.78, 5) is 11.8. The summed E-state index contributed by atoms with van der Waals surface area (Å²) >= 11 is 0. The third-order valence-electron chi connectivity index (χ3n) is 4.29. The zero-order valence-electron chi connectivity index (χ0n) is 11.2. The van der Waals surface area contributed by atoms with Crippen LogP contribution < -0.4 is 0 Å². The maximum absolute atomic E-state index is 11.8. The van der Waals surface area contributed by atoms with Gasteiger partial charge in [0.05, 0.1) is 12.2 Å². The molecule has 17 heavy (non-hydrogen) atoms. The van der Waals surface area contributed by atoms with Crippen molar-refractivity contribution in [3.8, 4) is 0 Å². The van der Waals surface area contributed by atoms with Crippen LogP contribution in [0.4, 0.5) is 0 Å². The summed E-state index contributed by atoms with van der Waals surface area (Å²) < 4.78 is 11.4. The maximum Gasteiger partial charge on any atom is 0.133 e. The lowest BCUT2D eigenvalue weighted by Crippen LogP contribution is -2.44. The van der Waals surface area contributed by atoms with Crippen molar-refractivity contribution in [3.63, 3.8) is 0 Å². The van der Waals surface area contributed by atoms with Crippen molar-refractivity contribution >= 4 is 5.78 Å². The van der Waals surface area contributed by atoms with Crippen molar-refractivity contribution in [3.05, 3.63) is 0 Å². The first kappa shape index (κ1) is 13.0. The van der Waals surface area contributed by atoms with Crippen molar-refractivity contribution < 1.29 is 14.3 Å². The van der Waals surface area contributed by atoms with Gasteiger partial charge in [-0.1, -0.05) is 13.8 Å². The van der Waals surface area contributed by atoms with E-state index in [0.29, 0.717) is 24.2 Å². The molecule has 3 atom stereocenters. The van der Waals surface area contributed by atoms with Crippen molar-refractivity contribution in [1.29, 1.82) is 0 Å². The van der Waals surface area contributed by atoms with E-state index in [0.717, 1.165) is 32.5 Å². The van der Waals surface area contributed by atoms with Crippen LogP contribution in [-0.2, 0) is 14.3 Å². The summed E-state index contributed by atoms with van der Waals surface area (Å²) in [6, 6.07) is 0. The van der Waals surface area contributed by atoms with Gasteiger partial charge in [-0.25, -0.2) is 0 Å². The third kappa shape index (κ3) is 2.71. The number of carbonyl (C=O) groups is 1. The Morgan fingerprint density at radius 3 is 2.65 bits per heavy atom. The van der Waals surface area contributed by atoms with Crippen LogP contribution in [0.15, 0.2) is 0 Å². The third-order valence-corrected chi connectivity index (χ3v) is 4.29. The van der Waals surface area contributed by atoms with E-state index < -0.39 is 0 Å². The zero-order valence-corrected chi connectivity index (χ0v) is 11.2. The molecule has 0 amide bonds. The highest BCUT2D eigenvalue weighted by Crippen LogP contribution is 2.40. The van der Waals surface area contributed by atoms with Crippen molar-refractivity contribution in [1.82, 2.24) is 0 Å². The minimum atomic E-state index is -0.0779. The van der Waals surface area contributed by atoms with E-state index in [2.05, 4.69) is 13.8 Å². The Morgan fingerprint density at radius 2 is 2.12 bits per heavy atom. The van der Waals surface area contributed by atoms with Gasteiger partial charge in [0.1, 0.15) is 5.78 Å². The fraction of sp³-hybridized carbons (Fsp3) is 0.929. The first-order valence-corrected chi connectivity index (χ1v) is 6.76. The highest BCUT2D eigenvalue weighted by atomic mass is 16.6. The number of ketones is 1. The van der Waals surface area contributed by atoms with Crippen LogP contribution in [0.1, 0.15) is 40.0 Å². The topological polar surface area (TPSA) is 35.5 Å². The van der Waals surface area contributed by atoms with Gasteiger partial charge in [0, 0.05) is 25.6 Å². The van der Waals surface area contributed by atoms with Crippen LogP contribution in [0.5, 0.6) is 0 Å². The fourth-order valence-corrected chi connectivity index (χ4v) is 3.58. The Balaban J connectivity index is 2.07. The monoisotopic (exact) mass is 240 g/mol. The largest absolute Gasteiger partial charge is 0.378 e. The van der Waals surface area contributed by atoms with Gasteiger partial charge in [-0.05, 0) is 31.6 Å². The Labute approximate surface area is 104 Å². The number of Topliss-reactive ketones (excluding diaryl/α,β-unsaturated/α-hetero) is 1. The molecule has 0 aromatic carbocycles. The molecule has 0 aliphatic carbocycles. The molecule has 2 heterocycles. The zero-order chi connectivity index (χ0) is 12.5. The Hall–Kier alpha value is -0.410. The number of hydrogen-bond donors (Lipinski definition) is 0. The molecule has 2 rings (SSSR count). The molecule has 2 saturated heterocycles. The average molecular weight is 240 g/mol. The van der Waals surface area contributed by atoms with Gasteiger partial charge in [-0.15, -0.1) is 0 Å². The minimum absolute atomic E-state index is 0.0779. The number of carbonyl (C=O) groups excluding carboxylic acids is 1. The molecule has 2 fully saturated rings. The number of rotatable bonds is 3. The lowest BCUT2D eigenvalue weighted by molar-refractivity contribution is -0.134. The quantitative estimate of drug-likeness (QED) is 0.760. The average Bonchev–Trinajstić information content (AvgIpc) is 2.65. The molecule has 0 N–H and O–H groups in total. The summed E-state index contributed by atoms with van der Waals surface area (Å²) in [6.45, 7) is 8.34. The molecule has 0 aromatic heterocycles. The summed E-state index contributed by atoms with van der Waals surface area (Å²) in [6.07, 6.45) is 3.01. The molecule has 0 saturated carbocycles. The summed E-state index contributed by atoms with van der Waals surface area (Å²) in [5.74, 6) is 1.43. The van der Waals surface area contributed by atoms with Crippen LogP contribution >= 0.6 is 0 Å². The highest BCUT2D eigenvalue weighted by Gasteiger charge is 2.44. The molecule has 2 aliphatic heterocycles. The molecular weight excluding hydrogens is 216 g/mol. The van der Waals surface area contributed by atoms with Crippen LogP contribution in [0.3, 0.4) is 0 Å². The van der Waals surface area contributed by atoms with Gasteiger partial charge < -0.3 is 9.47 Å². The van der Waals surface area contributed by atoms with E-state index in [4.69, 9.17) is 9.47 Å². The van der Waals surface area contributed by atoms with Crippen LogP contribution in [0.2, 0.25) is 0 Å². The molecule has 2 aliphatic rings. The summed E-state index contributed by atoms with van der Waals surface area (Å²) in [5.41, 5.74) is -0.0779. The molecular formula is C14H24O3. The van der Waals surface area contributed by atoms with Crippen LogP contribution in [-0.4, -0.2) is 31.2 Å².